The van der Waals surface area contributed by atoms with Crippen LogP contribution < -0.4 is 16.0 Å². The van der Waals surface area contributed by atoms with Gasteiger partial charge in [-0.1, -0.05) is 166 Å². The van der Waals surface area contributed by atoms with Gasteiger partial charge in [-0.25, -0.2) is 9.59 Å². The minimum atomic E-state index is -1.35. The summed E-state index contributed by atoms with van der Waals surface area (Å²) >= 11 is 0. The summed E-state index contributed by atoms with van der Waals surface area (Å²) in [6.45, 7) is 7.21. The van der Waals surface area contributed by atoms with Crippen LogP contribution in [0.25, 0.3) is 11.1 Å². The Hall–Kier alpha value is -7.32. The van der Waals surface area contributed by atoms with Crippen molar-refractivity contribution in [3.8, 4) is 11.1 Å². The molecule has 0 spiro atoms. The number of nitrogens with zero attached hydrogens (tertiary/aromatic N) is 3. The van der Waals surface area contributed by atoms with Crippen molar-refractivity contribution in [1.29, 1.82) is 0 Å². The van der Waals surface area contributed by atoms with Gasteiger partial charge in [0.25, 0.3) is 0 Å². The van der Waals surface area contributed by atoms with Crippen molar-refractivity contribution in [3.05, 3.63) is 167 Å². The Morgan fingerprint density at radius 1 is 0.688 bits per heavy atom. The van der Waals surface area contributed by atoms with E-state index < -0.39 is 65.0 Å². The van der Waals surface area contributed by atoms with Crippen LogP contribution in [0.5, 0.6) is 0 Å². The number of amides is 5. The highest BCUT2D eigenvalue weighted by Gasteiger charge is 2.63. The lowest BCUT2D eigenvalue weighted by molar-refractivity contribution is -0.172. The molecule has 3 saturated heterocycles. The molecule has 3 N–H and O–H groups in total. The lowest BCUT2D eigenvalue weighted by Gasteiger charge is -2.52. The smallest absolute Gasteiger partial charge is 0.407 e. The highest BCUT2D eigenvalue weighted by Crippen LogP contribution is 2.46. The summed E-state index contributed by atoms with van der Waals surface area (Å²) in [6.07, 6.45) is 4.37. The Kier molecular flexibility index (Phi) is 17.2. The summed E-state index contributed by atoms with van der Waals surface area (Å²) in [5.74, 6) is -2.77. The zero-order chi connectivity index (χ0) is 54.1. The van der Waals surface area contributed by atoms with Crippen molar-refractivity contribution in [1.82, 2.24) is 30.7 Å². The van der Waals surface area contributed by atoms with Crippen molar-refractivity contribution in [3.63, 3.8) is 0 Å². The van der Waals surface area contributed by atoms with Crippen molar-refractivity contribution >= 4 is 35.7 Å². The molecule has 5 amide bonds. The third-order valence-electron chi connectivity index (χ3n) is 16.9. The Balaban J connectivity index is 0.942. The number of nitrogens with one attached hydrogen (secondary N) is 3. The van der Waals surface area contributed by atoms with Gasteiger partial charge in [0.2, 0.25) is 23.6 Å². The number of hydrogen-bond donors (Lipinski definition) is 3. The van der Waals surface area contributed by atoms with E-state index in [1.54, 1.807) is 16.8 Å². The van der Waals surface area contributed by atoms with E-state index in [1.807, 2.05) is 148 Å². The number of hydrogen-bond acceptors (Lipinski definition) is 9. The molecular weight excluding hydrogens is 969 g/mol. The zero-order valence-corrected chi connectivity index (χ0v) is 45.0. The number of carbonyl (C=O) groups excluding carboxylic acids is 6. The van der Waals surface area contributed by atoms with Gasteiger partial charge in [-0.15, -0.1) is 0 Å². The first-order chi connectivity index (χ1) is 37.3. The van der Waals surface area contributed by atoms with Crippen LogP contribution in [0.4, 0.5) is 4.79 Å². The second kappa shape index (κ2) is 24.3. The highest BCUT2D eigenvalue weighted by molar-refractivity contribution is 5.98. The van der Waals surface area contributed by atoms with E-state index in [0.29, 0.717) is 51.6 Å². The average Bonchev–Trinajstić information content (AvgIpc) is 4.28. The fourth-order valence-corrected chi connectivity index (χ4v) is 12.4. The third-order valence-corrected chi connectivity index (χ3v) is 16.9. The molecule has 5 aromatic carbocycles. The van der Waals surface area contributed by atoms with Gasteiger partial charge < -0.3 is 40.1 Å². The maximum Gasteiger partial charge on any atom is 0.407 e. The molecule has 0 aromatic heterocycles. The molecule has 1 aliphatic carbocycles. The number of carbonyl (C=O) groups is 6. The largest absolute Gasteiger partial charge is 0.459 e. The van der Waals surface area contributed by atoms with E-state index >= 15 is 14.4 Å². The van der Waals surface area contributed by atoms with Gasteiger partial charge in [0.05, 0.1) is 0 Å². The molecule has 0 bridgehead atoms. The molecule has 4 aliphatic rings. The summed E-state index contributed by atoms with van der Waals surface area (Å²) in [5.41, 5.74) is 4.62. The molecule has 14 nitrogen and oxygen atoms in total. The van der Waals surface area contributed by atoms with Gasteiger partial charge in [-0.3, -0.25) is 19.2 Å². The van der Waals surface area contributed by atoms with Crippen molar-refractivity contribution in [2.24, 2.45) is 5.92 Å². The molecule has 0 radical (unpaired) electrons. The topological polar surface area (TPSA) is 167 Å². The van der Waals surface area contributed by atoms with Gasteiger partial charge in [0, 0.05) is 44.4 Å². The van der Waals surface area contributed by atoms with Gasteiger partial charge in [-0.2, -0.15) is 0 Å². The summed E-state index contributed by atoms with van der Waals surface area (Å²) in [5, 5.41) is 9.53. The number of alkyl carbamates (subject to hydrolysis) is 1. The number of esters is 1. The number of rotatable bonds is 19. The van der Waals surface area contributed by atoms with Crippen LogP contribution >= 0.6 is 0 Å². The molecular formula is C63H74N6O8. The minimum absolute atomic E-state index is 0.0533. The van der Waals surface area contributed by atoms with Crippen LogP contribution in [0.1, 0.15) is 106 Å². The Labute approximate surface area is 453 Å². The second-order valence-corrected chi connectivity index (χ2v) is 21.7. The predicted octanol–water partition coefficient (Wildman–Crippen LogP) is 8.36. The third kappa shape index (κ3) is 11.5. The van der Waals surface area contributed by atoms with Crippen LogP contribution in [0.15, 0.2) is 140 Å². The van der Waals surface area contributed by atoms with E-state index in [2.05, 4.69) is 28.1 Å². The lowest BCUT2D eigenvalue weighted by atomic mass is 9.71. The van der Waals surface area contributed by atoms with Crippen LogP contribution in [0.3, 0.4) is 0 Å². The van der Waals surface area contributed by atoms with Crippen LogP contribution in [-0.2, 0) is 52.9 Å². The van der Waals surface area contributed by atoms with E-state index in [4.69, 9.17) is 9.47 Å². The molecule has 77 heavy (non-hydrogen) atoms. The van der Waals surface area contributed by atoms with Crippen LogP contribution in [-0.4, -0.2) is 119 Å². The summed E-state index contributed by atoms with van der Waals surface area (Å²) in [7, 11) is 1.62. The molecule has 14 heteroatoms. The molecule has 3 heterocycles. The van der Waals surface area contributed by atoms with Crippen molar-refractivity contribution in [2.45, 2.75) is 133 Å². The van der Waals surface area contributed by atoms with Crippen molar-refractivity contribution < 1.29 is 38.2 Å². The maximum atomic E-state index is 15.7. The molecule has 3 aliphatic heterocycles. The molecule has 5 aromatic rings. The van der Waals surface area contributed by atoms with E-state index in [-0.39, 0.29) is 50.3 Å². The summed E-state index contributed by atoms with van der Waals surface area (Å²) in [4.78, 5) is 94.1. The molecule has 7 atom stereocenters. The predicted molar refractivity (Wildman–Crippen MR) is 295 cm³/mol. The van der Waals surface area contributed by atoms with E-state index in [9.17, 15) is 14.4 Å². The first kappa shape index (κ1) is 54.5. The van der Waals surface area contributed by atoms with Crippen LogP contribution in [0.2, 0.25) is 0 Å². The number of fused-ring (bicyclic) bond motifs is 3. The highest BCUT2D eigenvalue weighted by atomic mass is 16.5. The number of likely N-dealkylation sites (tertiary alicyclic amines) is 2. The fraction of sp³-hybridized carbons (Fsp3) is 0.429. The molecule has 404 valence electrons. The standard InChI is InChI=1S/C63H74N6O8/c1-5-43(2)55(66-56(70)52(39-44-23-9-6-10-24-44)65-61(75)77-42-51-49-31-17-15-29-47(49)48-30-16-18-32-50(48)51)59(73)68-37-21-33-53(68)57(71)67(4)54(40-45-25-11-7-12-26-45)58(72)69-38-22-35-63(69,62(3)34-19-20-36-64-62)60(74)76-41-46-27-13-8-14-28-46/h6-18,23-32,43,51-55,64H,5,19-22,33-42H2,1-4H3,(H,65,75)(H,66,70)/t43-,52+,53+,54-,55-,62?,63-/m0/s1. The van der Waals surface area contributed by atoms with Gasteiger partial charge >= 0.3 is 12.1 Å². The van der Waals surface area contributed by atoms with Crippen LogP contribution in [0, 0.1) is 5.92 Å². The Morgan fingerprint density at radius 2 is 1.29 bits per heavy atom. The van der Waals surface area contributed by atoms with E-state index in [1.165, 1.54) is 4.90 Å². The lowest BCUT2D eigenvalue weighted by Crippen LogP contribution is -2.74. The molecule has 9 rings (SSSR count). The first-order valence-electron chi connectivity index (χ1n) is 27.7. The second-order valence-electron chi connectivity index (χ2n) is 21.7. The zero-order valence-electron chi connectivity index (χ0n) is 45.0. The SMILES string of the molecule is CC[C@H](C)[C@H](NC(=O)[C@@H](Cc1ccccc1)NC(=O)OCC1c2ccccc2-c2ccccc21)C(=O)N1CCC[C@@H]1C(=O)N(C)[C@@H](Cc1ccccc1)C(=O)N1CCC[C@]1(C(=O)OCc1ccccc1)C1(C)CCCCN1. The molecule has 0 saturated carbocycles. The first-order valence-corrected chi connectivity index (χ1v) is 27.7. The van der Waals surface area contributed by atoms with Crippen molar-refractivity contribution in [2.75, 3.05) is 33.3 Å². The summed E-state index contributed by atoms with van der Waals surface area (Å²) < 4.78 is 12.1. The fourth-order valence-electron chi connectivity index (χ4n) is 12.4. The Morgan fingerprint density at radius 3 is 1.90 bits per heavy atom. The molecule has 1 unspecified atom stereocenters. The van der Waals surface area contributed by atoms with E-state index in [0.717, 1.165) is 51.8 Å². The van der Waals surface area contributed by atoms with Gasteiger partial charge in [0.1, 0.15) is 37.4 Å². The number of ether oxygens (including phenoxy) is 2. The quantitative estimate of drug-likeness (QED) is 0.0689. The maximum absolute atomic E-state index is 15.7. The minimum Gasteiger partial charge on any atom is -0.459 e. The van der Waals surface area contributed by atoms with Gasteiger partial charge in [-0.05, 0) is 96.9 Å². The molecule has 3 fully saturated rings. The normalized spacial score (nSPS) is 21.4. The van der Waals surface area contributed by atoms with Gasteiger partial charge in [0.15, 0.2) is 5.54 Å². The average molecular weight is 1040 g/mol. The monoisotopic (exact) mass is 1040 g/mol. The number of likely N-dealkylation sites (N-methyl/N-ethyl adjacent to an activating group) is 1. The summed E-state index contributed by atoms with van der Waals surface area (Å²) in [6, 6.07) is 40.4. The number of piperidine rings is 1. The Bertz CT molecular complexity index is 2830. The number of benzene rings is 5.